The minimum Gasteiger partial charge on any atom is -0.265 e. The minimum atomic E-state index is 0.611. The molecule has 0 aliphatic rings. The van der Waals surface area contributed by atoms with Crippen molar-refractivity contribution in [2.75, 3.05) is 13.1 Å². The molecule has 8 aromatic rings. The van der Waals surface area contributed by atoms with Gasteiger partial charge in [0.1, 0.15) is 22.1 Å². The highest BCUT2D eigenvalue weighted by molar-refractivity contribution is 5.75. The fraction of sp³-hybridized carbons (Fsp3) is 0.294. The van der Waals surface area contributed by atoms with E-state index in [-0.39, 0.29) is 0 Å². The molecule has 4 heterocycles. The Morgan fingerprint density at radius 3 is 0.917 bits per heavy atom. The Kier molecular flexibility index (Phi) is 8.46. The normalized spacial score (nSPS) is 12.1. The maximum atomic E-state index is 4.45. The molecule has 242 valence electrons. The largest absolute Gasteiger partial charge is 0.265 e. The predicted octanol–water partition coefficient (Wildman–Crippen LogP) is 4.76. The molecular weight excluding hydrogens is 604 g/mol. The van der Waals surface area contributed by atoms with Gasteiger partial charge in [0.05, 0.1) is 48.7 Å². The van der Waals surface area contributed by atoms with E-state index < -0.39 is 0 Å². The van der Waals surface area contributed by atoms with Crippen molar-refractivity contribution >= 4 is 44.1 Å². The van der Waals surface area contributed by atoms with Gasteiger partial charge in [-0.05, 0) is 61.4 Å². The quantitative estimate of drug-likeness (QED) is 0.145. The van der Waals surface area contributed by atoms with Gasteiger partial charge >= 0.3 is 0 Å². The van der Waals surface area contributed by atoms with Crippen molar-refractivity contribution in [2.24, 2.45) is 0 Å². The summed E-state index contributed by atoms with van der Waals surface area (Å²) in [6, 6.07) is 32.3. The molecule has 0 aliphatic carbocycles. The Balaban J connectivity index is 0.918. The van der Waals surface area contributed by atoms with Crippen molar-refractivity contribution in [1.82, 2.24) is 69.8 Å². The summed E-state index contributed by atoms with van der Waals surface area (Å²) < 4.78 is 7.87. The van der Waals surface area contributed by atoms with Gasteiger partial charge in [0.2, 0.25) is 0 Å². The van der Waals surface area contributed by atoms with E-state index >= 15 is 0 Å². The molecule has 4 aromatic carbocycles. The average Bonchev–Trinajstić information content (AvgIpc) is 3.93. The molecule has 14 nitrogen and oxygen atoms in total. The van der Waals surface area contributed by atoms with Gasteiger partial charge in [0, 0.05) is 13.1 Å². The molecule has 0 radical (unpaired) electrons. The van der Waals surface area contributed by atoms with E-state index in [0.717, 1.165) is 82.9 Å². The van der Waals surface area contributed by atoms with Crippen LogP contribution in [0.1, 0.15) is 25.7 Å². The van der Waals surface area contributed by atoms with Crippen molar-refractivity contribution in [3.05, 3.63) is 97.1 Å². The summed E-state index contributed by atoms with van der Waals surface area (Å²) in [5.41, 5.74) is 7.66. The number of unbranched alkanes of at least 4 members (excludes halogenated alkanes) is 3. The maximum Gasteiger partial charge on any atom is 0.113 e. The Labute approximate surface area is 276 Å². The van der Waals surface area contributed by atoms with Crippen molar-refractivity contribution in [3.63, 3.8) is 0 Å². The van der Waals surface area contributed by atoms with Crippen molar-refractivity contribution in [1.29, 1.82) is 0 Å². The lowest BCUT2D eigenvalue weighted by Gasteiger charge is -2.23. The maximum absolute atomic E-state index is 4.45. The second kappa shape index (κ2) is 13.6. The Morgan fingerprint density at radius 2 is 0.625 bits per heavy atom. The van der Waals surface area contributed by atoms with Gasteiger partial charge in [-0.1, -0.05) is 82.2 Å². The van der Waals surface area contributed by atoms with Gasteiger partial charge < -0.3 is 0 Å². The molecule has 0 N–H and O–H groups in total. The Bertz CT molecular complexity index is 1950. The first kappa shape index (κ1) is 29.8. The highest BCUT2D eigenvalue weighted by Crippen LogP contribution is 2.17. The number of hydrogen-bond acceptors (Lipinski definition) is 10. The van der Waals surface area contributed by atoms with E-state index in [9.17, 15) is 0 Å². The molecule has 0 unspecified atom stereocenters. The number of benzene rings is 4. The number of rotatable bonds is 15. The van der Waals surface area contributed by atoms with Gasteiger partial charge in [-0.25, -0.2) is 18.7 Å². The number of fused-ring (bicyclic) bond motifs is 4. The SMILES string of the molecule is c1ccc2c(c1)nnn2CN(CCCCCCN(Cn1nnc2ccccc21)Cn1nnc2ccccc21)Cn1nnc2ccccc21. The summed E-state index contributed by atoms with van der Waals surface area (Å²) in [7, 11) is 0. The molecule has 0 spiro atoms. The van der Waals surface area contributed by atoms with Crippen molar-refractivity contribution in [2.45, 2.75) is 52.4 Å². The van der Waals surface area contributed by atoms with Crippen LogP contribution in [0.25, 0.3) is 44.1 Å². The molecule has 0 saturated heterocycles. The lowest BCUT2D eigenvalue weighted by atomic mass is 10.2. The fourth-order valence-corrected chi connectivity index (χ4v) is 6.24. The average molecular weight is 641 g/mol. The van der Waals surface area contributed by atoms with Crippen LogP contribution < -0.4 is 0 Å². The van der Waals surface area contributed by atoms with E-state index in [1.807, 2.05) is 91.5 Å². The Morgan fingerprint density at radius 1 is 0.354 bits per heavy atom. The highest BCUT2D eigenvalue weighted by Gasteiger charge is 2.15. The fourth-order valence-electron chi connectivity index (χ4n) is 6.24. The molecular formula is C34H36N14. The molecule has 14 heteroatoms. The van der Waals surface area contributed by atoms with Crippen LogP contribution >= 0.6 is 0 Å². The van der Waals surface area contributed by atoms with Gasteiger partial charge in [0.15, 0.2) is 0 Å². The number of aromatic nitrogens is 12. The predicted molar refractivity (Wildman–Crippen MR) is 182 cm³/mol. The second-order valence-corrected chi connectivity index (χ2v) is 12.1. The second-order valence-electron chi connectivity index (χ2n) is 12.1. The van der Waals surface area contributed by atoms with Crippen LogP contribution in [0, 0.1) is 0 Å². The number of nitrogens with zero attached hydrogens (tertiary/aromatic N) is 14. The summed E-state index contributed by atoms with van der Waals surface area (Å²) in [6.45, 7) is 4.23. The zero-order valence-electron chi connectivity index (χ0n) is 26.6. The zero-order valence-corrected chi connectivity index (χ0v) is 26.6. The topological polar surface area (TPSA) is 129 Å². The van der Waals surface area contributed by atoms with Crippen LogP contribution in [-0.4, -0.2) is 82.9 Å². The smallest absolute Gasteiger partial charge is 0.113 e. The summed E-state index contributed by atoms with van der Waals surface area (Å²) >= 11 is 0. The lowest BCUT2D eigenvalue weighted by molar-refractivity contribution is 0.146. The lowest BCUT2D eigenvalue weighted by Crippen LogP contribution is -2.31. The first-order valence-electron chi connectivity index (χ1n) is 16.4. The molecule has 8 rings (SSSR count). The zero-order chi connectivity index (χ0) is 32.1. The van der Waals surface area contributed by atoms with Crippen LogP contribution in [0.2, 0.25) is 0 Å². The van der Waals surface area contributed by atoms with E-state index in [1.54, 1.807) is 0 Å². The molecule has 0 aliphatic heterocycles. The highest BCUT2D eigenvalue weighted by atomic mass is 15.5. The standard InChI is InChI=1S/C34H36N14/c1(11-21-43(23-45-31-17-7-3-13-27(31)35-39-45)24-46-32-18-8-4-14-28(32)36-40-46)2-12-22-44(25-47-33-19-9-5-15-29(33)37-41-47)26-48-34-20-10-6-16-30(34)38-42-48/h3-10,13-20H,1-2,11-12,21-26H2. The van der Waals surface area contributed by atoms with Gasteiger partial charge in [-0.3, -0.25) is 9.80 Å². The van der Waals surface area contributed by atoms with Crippen LogP contribution in [0.15, 0.2) is 97.1 Å². The molecule has 0 saturated carbocycles. The monoisotopic (exact) mass is 640 g/mol. The minimum absolute atomic E-state index is 0.611. The van der Waals surface area contributed by atoms with Crippen LogP contribution in [-0.2, 0) is 26.7 Å². The van der Waals surface area contributed by atoms with E-state index in [2.05, 4.69) is 75.3 Å². The van der Waals surface area contributed by atoms with Crippen LogP contribution in [0.3, 0.4) is 0 Å². The molecule has 4 aromatic heterocycles. The third kappa shape index (κ3) is 6.35. The van der Waals surface area contributed by atoms with Gasteiger partial charge in [0.25, 0.3) is 0 Å². The van der Waals surface area contributed by atoms with E-state index in [4.69, 9.17) is 0 Å². The molecule has 0 bridgehead atoms. The van der Waals surface area contributed by atoms with Crippen LogP contribution in [0.5, 0.6) is 0 Å². The first-order valence-corrected chi connectivity index (χ1v) is 16.4. The number of para-hydroxylation sites is 4. The third-order valence-corrected chi connectivity index (χ3v) is 8.72. The van der Waals surface area contributed by atoms with E-state index in [1.165, 1.54) is 0 Å². The van der Waals surface area contributed by atoms with Crippen LogP contribution in [0.4, 0.5) is 0 Å². The molecule has 48 heavy (non-hydrogen) atoms. The summed E-state index contributed by atoms with van der Waals surface area (Å²) in [6.07, 6.45) is 4.28. The molecule has 0 atom stereocenters. The molecule has 0 fully saturated rings. The van der Waals surface area contributed by atoms with Crippen molar-refractivity contribution < 1.29 is 0 Å². The summed E-state index contributed by atoms with van der Waals surface area (Å²) in [5.74, 6) is 0. The van der Waals surface area contributed by atoms with E-state index in [0.29, 0.717) is 26.7 Å². The first-order chi connectivity index (χ1) is 23.8. The third-order valence-electron chi connectivity index (χ3n) is 8.72. The summed E-state index contributed by atoms with van der Waals surface area (Å²) in [5, 5.41) is 35.3. The van der Waals surface area contributed by atoms with Gasteiger partial charge in [-0.2, -0.15) is 0 Å². The Hall–Kier alpha value is -5.60. The number of hydrogen-bond donors (Lipinski definition) is 0. The molecule has 0 amide bonds. The van der Waals surface area contributed by atoms with Gasteiger partial charge in [-0.15, -0.1) is 20.4 Å². The van der Waals surface area contributed by atoms with Crippen molar-refractivity contribution in [3.8, 4) is 0 Å². The summed E-state index contributed by atoms with van der Waals surface area (Å²) in [4.78, 5) is 4.72.